The Hall–Kier alpha value is -0.870. The maximum Gasteiger partial charge on any atom is 0.226 e. The van der Waals surface area contributed by atoms with Gasteiger partial charge >= 0.3 is 0 Å². The minimum absolute atomic E-state index is 0.211. The van der Waals surface area contributed by atoms with Gasteiger partial charge in [-0.3, -0.25) is 9.69 Å². The fraction of sp³-hybridized carbons (Fsp3) is 0.769. The first kappa shape index (κ1) is 12.6. The number of rotatable bonds is 4. The summed E-state index contributed by atoms with van der Waals surface area (Å²) in [7, 11) is 1.93. The average molecular weight is 237 g/mol. The molecule has 17 heavy (non-hydrogen) atoms. The number of hydrogen-bond donors (Lipinski definition) is 1. The number of hydrogen-bond acceptors (Lipinski definition) is 3. The molecule has 1 fully saturated rings. The lowest BCUT2D eigenvalue weighted by molar-refractivity contribution is -0.134. The molecule has 1 aliphatic heterocycles. The zero-order valence-corrected chi connectivity index (χ0v) is 10.7. The Bertz CT molecular complexity index is 276. The van der Waals surface area contributed by atoms with Gasteiger partial charge in [-0.05, 0) is 12.8 Å². The van der Waals surface area contributed by atoms with Gasteiger partial charge in [-0.1, -0.05) is 12.2 Å². The molecule has 1 aliphatic carbocycles. The van der Waals surface area contributed by atoms with Crippen LogP contribution < -0.4 is 5.32 Å². The Kier molecular flexibility index (Phi) is 4.57. The minimum atomic E-state index is 0.211. The van der Waals surface area contributed by atoms with Crippen molar-refractivity contribution in [3.8, 4) is 0 Å². The molecule has 1 amide bonds. The number of carbonyl (C=O) groups is 1. The van der Waals surface area contributed by atoms with Crippen LogP contribution in [0.25, 0.3) is 0 Å². The summed E-state index contributed by atoms with van der Waals surface area (Å²) in [5.41, 5.74) is 0. The van der Waals surface area contributed by atoms with Gasteiger partial charge in [0, 0.05) is 52.2 Å². The highest BCUT2D eigenvalue weighted by Gasteiger charge is 2.22. The van der Waals surface area contributed by atoms with Crippen molar-refractivity contribution >= 4 is 5.91 Å². The standard InChI is InChI=1S/C13H23N3O/c1-15(13(17)12-4-2-3-5-12)10-11-16-8-6-14-7-9-16/h2-3,12,14H,4-11H2,1H3. The predicted octanol–water partition coefficient (Wildman–Crippen LogP) is 0.316. The summed E-state index contributed by atoms with van der Waals surface area (Å²) in [6.45, 7) is 6.22. The van der Waals surface area contributed by atoms with Crippen LogP contribution in [0, 0.1) is 5.92 Å². The fourth-order valence-electron chi connectivity index (χ4n) is 2.47. The van der Waals surface area contributed by atoms with E-state index in [-0.39, 0.29) is 5.92 Å². The number of likely N-dealkylation sites (N-methyl/N-ethyl adjacent to an activating group) is 1. The zero-order valence-electron chi connectivity index (χ0n) is 10.7. The van der Waals surface area contributed by atoms with Gasteiger partial charge in [0.2, 0.25) is 5.91 Å². The number of piperazine rings is 1. The van der Waals surface area contributed by atoms with Crippen LogP contribution in [0.3, 0.4) is 0 Å². The van der Waals surface area contributed by atoms with E-state index in [1.54, 1.807) is 0 Å². The van der Waals surface area contributed by atoms with Gasteiger partial charge in [0.05, 0.1) is 0 Å². The van der Waals surface area contributed by atoms with Crippen LogP contribution in [-0.4, -0.2) is 62.0 Å². The maximum atomic E-state index is 12.1. The lowest BCUT2D eigenvalue weighted by atomic mass is 10.1. The molecule has 2 aliphatic rings. The first-order chi connectivity index (χ1) is 8.27. The van der Waals surface area contributed by atoms with Crippen molar-refractivity contribution in [2.24, 2.45) is 5.92 Å². The van der Waals surface area contributed by atoms with E-state index in [4.69, 9.17) is 0 Å². The molecule has 0 unspecified atom stereocenters. The number of amides is 1. The van der Waals surface area contributed by atoms with E-state index in [2.05, 4.69) is 22.4 Å². The Labute approximate surface area is 104 Å². The lowest BCUT2D eigenvalue weighted by Crippen LogP contribution is -2.47. The fourth-order valence-corrected chi connectivity index (χ4v) is 2.47. The number of allylic oxidation sites excluding steroid dienone is 2. The molecule has 0 aromatic carbocycles. The first-order valence-electron chi connectivity index (χ1n) is 6.60. The third-order valence-electron chi connectivity index (χ3n) is 3.69. The molecule has 1 heterocycles. The summed E-state index contributed by atoms with van der Waals surface area (Å²) in [5.74, 6) is 0.521. The second-order valence-electron chi connectivity index (χ2n) is 4.99. The molecule has 4 nitrogen and oxygen atoms in total. The topological polar surface area (TPSA) is 35.6 Å². The van der Waals surface area contributed by atoms with Crippen molar-refractivity contribution in [2.45, 2.75) is 12.8 Å². The normalized spacial score (nSPS) is 21.9. The summed E-state index contributed by atoms with van der Waals surface area (Å²) in [6, 6.07) is 0. The van der Waals surface area contributed by atoms with Crippen molar-refractivity contribution in [1.29, 1.82) is 0 Å². The Morgan fingerprint density at radius 3 is 2.65 bits per heavy atom. The van der Waals surface area contributed by atoms with Crippen molar-refractivity contribution in [1.82, 2.24) is 15.1 Å². The summed E-state index contributed by atoms with van der Waals surface area (Å²) in [4.78, 5) is 16.4. The van der Waals surface area contributed by atoms with Crippen molar-refractivity contribution in [3.63, 3.8) is 0 Å². The summed E-state index contributed by atoms with van der Waals surface area (Å²) < 4.78 is 0. The Balaban J connectivity index is 1.68. The van der Waals surface area contributed by atoms with Crippen LogP contribution in [0.4, 0.5) is 0 Å². The van der Waals surface area contributed by atoms with Gasteiger partial charge in [0.1, 0.15) is 0 Å². The van der Waals surface area contributed by atoms with Crippen molar-refractivity contribution in [2.75, 3.05) is 46.3 Å². The molecule has 0 saturated carbocycles. The number of carbonyl (C=O) groups excluding carboxylic acids is 1. The third kappa shape index (κ3) is 3.54. The molecule has 4 heteroatoms. The van der Waals surface area contributed by atoms with E-state index in [1.165, 1.54) is 0 Å². The van der Waals surface area contributed by atoms with Crippen molar-refractivity contribution in [3.05, 3.63) is 12.2 Å². The molecular weight excluding hydrogens is 214 g/mol. The van der Waals surface area contributed by atoms with Gasteiger partial charge in [-0.2, -0.15) is 0 Å². The van der Waals surface area contributed by atoms with Crippen molar-refractivity contribution < 1.29 is 4.79 Å². The second-order valence-corrected chi connectivity index (χ2v) is 4.99. The maximum absolute atomic E-state index is 12.1. The number of nitrogens with one attached hydrogen (secondary N) is 1. The van der Waals surface area contributed by atoms with Gasteiger partial charge in [0.25, 0.3) is 0 Å². The van der Waals surface area contributed by atoms with Crippen LogP contribution in [0.5, 0.6) is 0 Å². The van der Waals surface area contributed by atoms with E-state index < -0.39 is 0 Å². The van der Waals surface area contributed by atoms with E-state index in [0.29, 0.717) is 5.91 Å². The van der Waals surface area contributed by atoms with Crippen LogP contribution in [0.1, 0.15) is 12.8 Å². The molecular formula is C13H23N3O. The Morgan fingerprint density at radius 1 is 1.35 bits per heavy atom. The molecule has 96 valence electrons. The minimum Gasteiger partial charge on any atom is -0.344 e. The SMILES string of the molecule is CN(CCN1CCNCC1)C(=O)C1CC=CC1. The zero-order chi connectivity index (χ0) is 12.1. The van der Waals surface area contributed by atoms with Crippen LogP contribution in [-0.2, 0) is 4.79 Å². The summed E-state index contributed by atoms with van der Waals surface area (Å²) >= 11 is 0. The largest absolute Gasteiger partial charge is 0.344 e. The quantitative estimate of drug-likeness (QED) is 0.715. The average Bonchev–Trinajstić information content (AvgIpc) is 2.90. The number of nitrogens with zero attached hydrogens (tertiary/aromatic N) is 2. The van der Waals surface area contributed by atoms with E-state index in [9.17, 15) is 4.79 Å². The molecule has 0 radical (unpaired) electrons. The molecule has 0 aromatic rings. The van der Waals surface area contributed by atoms with Gasteiger partial charge < -0.3 is 10.2 Å². The lowest BCUT2D eigenvalue weighted by Gasteiger charge is -2.29. The Morgan fingerprint density at radius 2 is 2.00 bits per heavy atom. The third-order valence-corrected chi connectivity index (χ3v) is 3.69. The highest BCUT2D eigenvalue weighted by Crippen LogP contribution is 2.19. The molecule has 0 spiro atoms. The first-order valence-corrected chi connectivity index (χ1v) is 6.60. The highest BCUT2D eigenvalue weighted by molar-refractivity contribution is 5.79. The van der Waals surface area contributed by atoms with E-state index in [1.807, 2.05) is 11.9 Å². The molecule has 0 atom stereocenters. The van der Waals surface area contributed by atoms with E-state index in [0.717, 1.165) is 52.1 Å². The molecule has 2 rings (SSSR count). The van der Waals surface area contributed by atoms with Gasteiger partial charge in [-0.15, -0.1) is 0 Å². The predicted molar refractivity (Wildman–Crippen MR) is 68.8 cm³/mol. The molecule has 0 aromatic heterocycles. The van der Waals surface area contributed by atoms with Crippen LogP contribution >= 0.6 is 0 Å². The smallest absolute Gasteiger partial charge is 0.226 e. The monoisotopic (exact) mass is 237 g/mol. The second kappa shape index (κ2) is 6.17. The molecule has 1 N–H and O–H groups in total. The van der Waals surface area contributed by atoms with Gasteiger partial charge in [0.15, 0.2) is 0 Å². The molecule has 0 bridgehead atoms. The molecule has 1 saturated heterocycles. The van der Waals surface area contributed by atoms with Crippen LogP contribution in [0.15, 0.2) is 12.2 Å². The van der Waals surface area contributed by atoms with Crippen LogP contribution in [0.2, 0.25) is 0 Å². The highest BCUT2D eigenvalue weighted by atomic mass is 16.2. The van der Waals surface area contributed by atoms with Gasteiger partial charge in [-0.25, -0.2) is 0 Å². The summed E-state index contributed by atoms with van der Waals surface area (Å²) in [5, 5.41) is 3.34. The van der Waals surface area contributed by atoms with E-state index >= 15 is 0 Å². The summed E-state index contributed by atoms with van der Waals surface area (Å²) in [6.07, 6.45) is 6.09.